The third-order valence-electron chi connectivity index (χ3n) is 2.84. The van der Waals surface area contributed by atoms with E-state index in [2.05, 4.69) is 11.9 Å². The van der Waals surface area contributed by atoms with Crippen molar-refractivity contribution in [3.8, 4) is 0 Å². The molecule has 0 unspecified atom stereocenters. The second-order valence-corrected chi connectivity index (χ2v) is 8.00. The molecule has 0 aliphatic heterocycles. The Balaban J connectivity index is 0.000000273. The molecule has 9 nitrogen and oxygen atoms in total. The first kappa shape index (κ1) is 21.3. The van der Waals surface area contributed by atoms with Gasteiger partial charge in [-0.15, -0.1) is 0 Å². The molecule has 2 rings (SSSR count). The maximum atomic E-state index is 10.9. The second kappa shape index (κ2) is 8.58. The Hall–Kier alpha value is -2.73. The molecule has 26 heavy (non-hydrogen) atoms. The molecule has 0 fully saturated rings. The molecule has 0 aromatic heterocycles. The molecule has 1 amide bonds. The van der Waals surface area contributed by atoms with Gasteiger partial charge in [0, 0.05) is 11.4 Å². The van der Waals surface area contributed by atoms with Gasteiger partial charge in [-0.2, -0.15) is 0 Å². The molecule has 0 aliphatic rings. The van der Waals surface area contributed by atoms with Crippen LogP contribution in [0.5, 0.6) is 0 Å². The van der Waals surface area contributed by atoms with Crippen LogP contribution in [0.15, 0.2) is 71.0 Å². The van der Waals surface area contributed by atoms with Crippen LogP contribution in [0.1, 0.15) is 0 Å². The fourth-order valence-corrected chi connectivity index (χ4v) is 2.61. The number of benzene rings is 2. The molecule has 0 bridgehead atoms. The Morgan fingerprint density at radius 1 is 0.846 bits per heavy atom. The van der Waals surface area contributed by atoms with E-state index in [4.69, 9.17) is 16.0 Å². The quantitative estimate of drug-likeness (QED) is 0.427. The lowest BCUT2D eigenvalue weighted by atomic mass is 10.3. The van der Waals surface area contributed by atoms with Gasteiger partial charge in [-0.25, -0.2) is 27.1 Å². The van der Waals surface area contributed by atoms with Crippen molar-refractivity contribution in [2.45, 2.75) is 9.79 Å². The van der Waals surface area contributed by atoms with Crippen molar-refractivity contribution < 1.29 is 21.6 Å². The summed E-state index contributed by atoms with van der Waals surface area (Å²) in [5, 5.41) is 12.2. The standard InChI is InChI=1S/C9H10N2O3S.C6H8N2O2S/c1-2-9(12)11-7-3-5-8(6-4-7)15(10,13)14;7-5-1-3-6(4-2-5)11(8,9)10/h2-6H,1H2,(H,11,12)(H2,10,13,14);1-4H,7H2,(H2,8,9,10). The van der Waals surface area contributed by atoms with Gasteiger partial charge >= 0.3 is 0 Å². The molecule has 0 saturated heterocycles. The highest BCUT2D eigenvalue weighted by molar-refractivity contribution is 7.89. The van der Waals surface area contributed by atoms with Gasteiger partial charge in [-0.1, -0.05) is 6.58 Å². The van der Waals surface area contributed by atoms with Crippen LogP contribution >= 0.6 is 0 Å². The summed E-state index contributed by atoms with van der Waals surface area (Å²) in [6.07, 6.45) is 1.12. The number of hydrogen-bond donors (Lipinski definition) is 4. The van der Waals surface area contributed by atoms with Gasteiger partial charge < -0.3 is 11.1 Å². The Morgan fingerprint density at radius 3 is 1.58 bits per heavy atom. The largest absolute Gasteiger partial charge is 0.399 e. The number of amides is 1. The van der Waals surface area contributed by atoms with E-state index < -0.39 is 20.0 Å². The number of hydrogen-bond acceptors (Lipinski definition) is 6. The van der Waals surface area contributed by atoms with Crippen LogP contribution in [0.2, 0.25) is 0 Å². The van der Waals surface area contributed by atoms with Gasteiger partial charge in [0.25, 0.3) is 0 Å². The van der Waals surface area contributed by atoms with Crippen molar-refractivity contribution in [2.75, 3.05) is 11.1 Å². The summed E-state index contributed by atoms with van der Waals surface area (Å²) in [6.45, 7) is 3.29. The minimum atomic E-state index is -3.69. The van der Waals surface area contributed by atoms with E-state index in [1.165, 1.54) is 48.5 Å². The average Bonchev–Trinajstić information content (AvgIpc) is 2.54. The number of rotatable bonds is 4. The van der Waals surface area contributed by atoms with Crippen LogP contribution in [0.4, 0.5) is 11.4 Å². The fourth-order valence-electron chi connectivity index (χ4n) is 1.58. The van der Waals surface area contributed by atoms with E-state index in [-0.39, 0.29) is 15.7 Å². The van der Waals surface area contributed by atoms with Crippen molar-refractivity contribution in [1.82, 2.24) is 0 Å². The number of carbonyl (C=O) groups excluding carboxylic acids is 1. The molecule has 0 heterocycles. The topological polar surface area (TPSA) is 175 Å². The predicted octanol–water partition coefficient (Wildman–Crippen LogP) is 0.375. The Labute approximate surface area is 151 Å². The predicted molar refractivity (Wildman–Crippen MR) is 98.9 cm³/mol. The zero-order valence-corrected chi connectivity index (χ0v) is 15.1. The lowest BCUT2D eigenvalue weighted by molar-refractivity contribution is -0.111. The zero-order valence-electron chi connectivity index (χ0n) is 13.5. The van der Waals surface area contributed by atoms with Crippen LogP contribution in [0.25, 0.3) is 0 Å². The highest BCUT2D eigenvalue weighted by atomic mass is 32.2. The maximum absolute atomic E-state index is 10.9. The SMILES string of the molecule is C=CC(=O)Nc1ccc(S(N)(=O)=O)cc1.Nc1ccc(S(N)(=O)=O)cc1. The van der Waals surface area contributed by atoms with E-state index >= 15 is 0 Å². The number of nitrogen functional groups attached to an aromatic ring is 1. The van der Waals surface area contributed by atoms with Crippen LogP contribution in [-0.2, 0) is 24.8 Å². The lowest BCUT2D eigenvalue weighted by Crippen LogP contribution is -2.12. The number of primary sulfonamides is 2. The number of nitrogens with two attached hydrogens (primary N) is 3. The monoisotopic (exact) mass is 398 g/mol. The van der Waals surface area contributed by atoms with Crippen LogP contribution < -0.4 is 21.3 Å². The maximum Gasteiger partial charge on any atom is 0.247 e. The van der Waals surface area contributed by atoms with Gasteiger partial charge in [0.05, 0.1) is 9.79 Å². The number of carbonyl (C=O) groups is 1. The van der Waals surface area contributed by atoms with Crippen molar-refractivity contribution in [1.29, 1.82) is 0 Å². The first-order valence-corrected chi connectivity index (χ1v) is 9.97. The number of nitrogens with one attached hydrogen (secondary N) is 1. The molecule has 11 heteroatoms. The molecular formula is C15H18N4O5S2. The minimum Gasteiger partial charge on any atom is -0.399 e. The molecule has 0 radical (unpaired) electrons. The molecule has 0 aliphatic carbocycles. The van der Waals surface area contributed by atoms with Crippen molar-refractivity contribution >= 4 is 37.3 Å². The summed E-state index contributed by atoms with van der Waals surface area (Å²) in [4.78, 5) is 11.0. The van der Waals surface area contributed by atoms with Gasteiger partial charge in [0.2, 0.25) is 26.0 Å². The summed E-state index contributed by atoms with van der Waals surface area (Å²) >= 11 is 0. The smallest absolute Gasteiger partial charge is 0.247 e. The average molecular weight is 398 g/mol. The van der Waals surface area contributed by atoms with Gasteiger partial charge in [-0.05, 0) is 54.6 Å². The minimum absolute atomic E-state index is 0.000831. The van der Waals surface area contributed by atoms with E-state index in [0.29, 0.717) is 11.4 Å². The van der Waals surface area contributed by atoms with Gasteiger partial charge in [0.15, 0.2) is 0 Å². The van der Waals surface area contributed by atoms with Gasteiger partial charge in [-0.3, -0.25) is 4.79 Å². The molecule has 0 saturated carbocycles. The summed E-state index contributed by atoms with van der Waals surface area (Å²) < 4.78 is 43.2. The summed E-state index contributed by atoms with van der Waals surface area (Å²) in [7, 11) is -7.26. The van der Waals surface area contributed by atoms with Crippen LogP contribution in [0.3, 0.4) is 0 Å². The van der Waals surface area contributed by atoms with Crippen LogP contribution in [0, 0.1) is 0 Å². The Kier molecular flexibility index (Phi) is 7.03. The van der Waals surface area contributed by atoms with Crippen molar-refractivity contribution in [3.63, 3.8) is 0 Å². The molecule has 140 valence electrons. The number of sulfonamides is 2. The van der Waals surface area contributed by atoms with E-state index in [0.717, 1.165) is 6.08 Å². The van der Waals surface area contributed by atoms with E-state index in [9.17, 15) is 21.6 Å². The molecular weight excluding hydrogens is 380 g/mol. The molecule has 2 aromatic carbocycles. The van der Waals surface area contributed by atoms with E-state index in [1.54, 1.807) is 0 Å². The normalized spacial score (nSPS) is 11.0. The summed E-state index contributed by atoms with van der Waals surface area (Å²) in [5.41, 5.74) is 6.32. The highest BCUT2D eigenvalue weighted by Gasteiger charge is 2.07. The first-order chi connectivity index (χ1) is 11.9. The first-order valence-electron chi connectivity index (χ1n) is 6.88. The fraction of sp³-hybridized carbons (Fsp3) is 0. The number of anilines is 2. The zero-order chi connectivity index (χ0) is 20.0. The molecule has 0 atom stereocenters. The Bertz CT molecular complexity index is 983. The second-order valence-electron chi connectivity index (χ2n) is 4.88. The molecule has 0 spiro atoms. The van der Waals surface area contributed by atoms with Crippen molar-refractivity contribution in [2.24, 2.45) is 10.3 Å². The van der Waals surface area contributed by atoms with E-state index in [1.807, 2.05) is 0 Å². The summed E-state index contributed by atoms with van der Waals surface area (Å²) in [5.74, 6) is -0.363. The molecule has 7 N–H and O–H groups in total. The third-order valence-corrected chi connectivity index (χ3v) is 4.70. The lowest BCUT2D eigenvalue weighted by Gasteiger charge is -2.02. The third kappa shape index (κ3) is 7.03. The Morgan fingerprint density at radius 2 is 1.23 bits per heavy atom. The van der Waals surface area contributed by atoms with Crippen molar-refractivity contribution in [3.05, 3.63) is 61.2 Å². The van der Waals surface area contributed by atoms with Crippen LogP contribution in [-0.4, -0.2) is 22.7 Å². The highest BCUT2D eigenvalue weighted by Crippen LogP contribution is 2.12. The summed E-state index contributed by atoms with van der Waals surface area (Å²) in [6, 6.07) is 11.2. The van der Waals surface area contributed by atoms with Gasteiger partial charge in [0.1, 0.15) is 0 Å². The molecule has 2 aromatic rings.